The lowest BCUT2D eigenvalue weighted by Gasteiger charge is -2.42. The average Bonchev–Trinajstić information content (AvgIpc) is 2.69. The molecule has 0 radical (unpaired) electrons. The number of rotatable bonds is 5. The van der Waals surface area contributed by atoms with Crippen LogP contribution in [-0.2, 0) is 16.1 Å². The third-order valence-electron chi connectivity index (χ3n) is 4.55. The van der Waals surface area contributed by atoms with Gasteiger partial charge in [0.1, 0.15) is 16.2 Å². The van der Waals surface area contributed by atoms with Crippen LogP contribution >= 0.6 is 24.0 Å². The van der Waals surface area contributed by atoms with E-state index >= 15 is 0 Å². The van der Waals surface area contributed by atoms with Crippen LogP contribution in [0.1, 0.15) is 25.0 Å². The minimum atomic E-state index is -0.743. The largest absolute Gasteiger partial charge is 0.339 e. The third kappa shape index (κ3) is 5.31. The molecular weight excluding hydrogens is 407 g/mol. The molecule has 3 rings (SSSR count). The number of thiocarbonyl (C=S) groups is 1. The highest BCUT2D eigenvalue weighted by atomic mass is 32.2. The minimum Gasteiger partial charge on any atom is -0.339 e. The number of benzene rings is 2. The van der Waals surface area contributed by atoms with Crippen molar-refractivity contribution in [2.24, 2.45) is 0 Å². The van der Waals surface area contributed by atoms with E-state index in [-0.39, 0.29) is 24.2 Å². The van der Waals surface area contributed by atoms with E-state index in [1.807, 2.05) is 44.2 Å². The smallest absolute Gasteiger partial charge is 0.252 e. The molecule has 1 heterocycles. The number of amides is 2. The lowest BCUT2D eigenvalue weighted by Crippen LogP contribution is -2.61. The molecule has 1 N–H and O–H groups in total. The number of halogens is 1. The van der Waals surface area contributed by atoms with Gasteiger partial charge in [0.05, 0.1) is 6.54 Å². The zero-order chi connectivity index (χ0) is 21.0. The fraction of sp³-hybridized carbons (Fsp3) is 0.227. The summed E-state index contributed by atoms with van der Waals surface area (Å²) in [4.78, 5) is 27.1. The van der Waals surface area contributed by atoms with E-state index < -0.39 is 10.8 Å². The molecule has 1 aliphatic heterocycles. The third-order valence-corrected chi connectivity index (χ3v) is 6.17. The van der Waals surface area contributed by atoms with Gasteiger partial charge in [0.15, 0.2) is 0 Å². The molecule has 1 aliphatic rings. The van der Waals surface area contributed by atoms with Gasteiger partial charge in [0.2, 0.25) is 5.91 Å². The first-order valence-corrected chi connectivity index (χ1v) is 10.3. The summed E-state index contributed by atoms with van der Waals surface area (Å²) in [5.41, 5.74) is 1.65. The molecule has 29 heavy (non-hydrogen) atoms. The summed E-state index contributed by atoms with van der Waals surface area (Å²) in [5, 5.41) is 2.82. The molecule has 7 heteroatoms. The Balaban J connectivity index is 1.74. The summed E-state index contributed by atoms with van der Waals surface area (Å²) in [5.74, 6) is -0.966. The van der Waals surface area contributed by atoms with Crippen LogP contribution in [0.3, 0.4) is 0 Å². The second-order valence-electron chi connectivity index (χ2n) is 7.21. The van der Waals surface area contributed by atoms with Gasteiger partial charge in [-0.25, -0.2) is 4.39 Å². The monoisotopic (exact) mass is 428 g/mol. The molecule has 1 unspecified atom stereocenters. The topological polar surface area (TPSA) is 49.4 Å². The van der Waals surface area contributed by atoms with E-state index in [2.05, 4.69) is 5.32 Å². The number of carbonyl (C=O) groups excluding carboxylic acids is 2. The Bertz CT molecular complexity index is 943. The maximum atomic E-state index is 13.2. The molecule has 0 aliphatic carbocycles. The minimum absolute atomic E-state index is 0.229. The van der Waals surface area contributed by atoms with Gasteiger partial charge in [-0.2, -0.15) is 0 Å². The lowest BCUT2D eigenvalue weighted by molar-refractivity contribution is -0.133. The van der Waals surface area contributed by atoms with E-state index in [4.69, 9.17) is 12.2 Å². The Morgan fingerprint density at radius 2 is 1.86 bits per heavy atom. The molecule has 0 spiro atoms. The van der Waals surface area contributed by atoms with Crippen LogP contribution in [0.2, 0.25) is 0 Å². The van der Waals surface area contributed by atoms with Gasteiger partial charge in [-0.3, -0.25) is 14.5 Å². The van der Waals surface area contributed by atoms with Crippen LogP contribution in [-0.4, -0.2) is 31.8 Å². The number of hydrogen-bond donors (Lipinski definition) is 1. The molecule has 1 fully saturated rings. The molecule has 0 saturated carbocycles. The average molecular weight is 429 g/mol. The van der Waals surface area contributed by atoms with Crippen molar-refractivity contribution >= 4 is 46.2 Å². The lowest BCUT2D eigenvalue weighted by atomic mass is 10.0. The first-order chi connectivity index (χ1) is 13.8. The summed E-state index contributed by atoms with van der Waals surface area (Å²) in [6.45, 7) is 3.99. The SMILES string of the molecule is CC1(C)SC(=S)N(Cc2ccc(F)cc2)C(=O)C1NC(=O)C=Cc1ccccc1. The van der Waals surface area contributed by atoms with Crippen LogP contribution in [0.5, 0.6) is 0 Å². The van der Waals surface area contributed by atoms with Crippen molar-refractivity contribution in [1.29, 1.82) is 0 Å². The summed E-state index contributed by atoms with van der Waals surface area (Å²) in [6, 6.07) is 14.6. The summed E-state index contributed by atoms with van der Waals surface area (Å²) in [6.07, 6.45) is 3.12. The number of nitrogens with zero attached hydrogens (tertiary/aromatic N) is 1. The molecule has 2 aromatic carbocycles. The molecule has 1 atom stereocenters. The van der Waals surface area contributed by atoms with Gasteiger partial charge in [-0.15, -0.1) is 0 Å². The fourth-order valence-corrected chi connectivity index (χ4v) is 4.75. The van der Waals surface area contributed by atoms with Crippen molar-refractivity contribution in [3.63, 3.8) is 0 Å². The van der Waals surface area contributed by atoms with E-state index in [1.54, 1.807) is 18.2 Å². The molecule has 150 valence electrons. The first-order valence-electron chi connectivity index (χ1n) is 9.09. The fourth-order valence-electron chi connectivity index (χ4n) is 2.96. The van der Waals surface area contributed by atoms with Crippen molar-refractivity contribution in [2.45, 2.75) is 31.2 Å². The second-order valence-corrected chi connectivity index (χ2v) is 9.50. The van der Waals surface area contributed by atoms with Crippen LogP contribution in [0.15, 0.2) is 60.7 Å². The van der Waals surface area contributed by atoms with Gasteiger partial charge in [-0.1, -0.05) is 66.4 Å². The first kappa shape index (κ1) is 21.2. The van der Waals surface area contributed by atoms with Crippen LogP contribution < -0.4 is 5.32 Å². The summed E-state index contributed by atoms with van der Waals surface area (Å²) in [7, 11) is 0. The highest BCUT2D eigenvalue weighted by molar-refractivity contribution is 8.24. The Morgan fingerprint density at radius 3 is 2.52 bits per heavy atom. The van der Waals surface area contributed by atoms with Crippen LogP contribution in [0.25, 0.3) is 6.08 Å². The van der Waals surface area contributed by atoms with E-state index in [0.717, 1.165) is 11.1 Å². The highest BCUT2D eigenvalue weighted by Gasteiger charge is 2.46. The standard InChI is InChI=1S/C22H21FN2O2S2/c1-22(2)19(24-18(26)13-10-15-6-4-3-5-7-15)20(27)25(21(28)29-22)14-16-8-11-17(23)12-9-16/h3-13,19H,14H2,1-2H3,(H,24,26). The number of nitrogens with one attached hydrogen (secondary N) is 1. The number of carbonyl (C=O) groups is 2. The molecule has 2 aromatic rings. The van der Waals surface area contributed by atoms with Crippen LogP contribution in [0, 0.1) is 5.82 Å². The summed E-state index contributed by atoms with van der Waals surface area (Å²) >= 11 is 6.79. The second kappa shape index (κ2) is 8.88. The van der Waals surface area contributed by atoms with Crippen LogP contribution in [0.4, 0.5) is 4.39 Å². The Hall–Kier alpha value is -2.51. The Labute approximate surface area is 179 Å². The molecule has 0 bridgehead atoms. The Kier molecular flexibility index (Phi) is 6.49. The Morgan fingerprint density at radius 1 is 1.21 bits per heavy atom. The normalized spacial score (nSPS) is 18.9. The summed E-state index contributed by atoms with van der Waals surface area (Å²) < 4.78 is 13.0. The maximum Gasteiger partial charge on any atom is 0.252 e. The number of hydrogen-bond acceptors (Lipinski definition) is 4. The van der Waals surface area contributed by atoms with Crippen molar-refractivity contribution in [3.8, 4) is 0 Å². The zero-order valence-corrected chi connectivity index (χ0v) is 17.7. The number of thioether (sulfide) groups is 1. The van der Waals surface area contributed by atoms with E-state index in [1.165, 1.54) is 34.9 Å². The predicted octanol–water partition coefficient (Wildman–Crippen LogP) is 4.16. The zero-order valence-electron chi connectivity index (χ0n) is 16.1. The molecule has 1 saturated heterocycles. The van der Waals surface area contributed by atoms with Gasteiger partial charge in [0, 0.05) is 10.8 Å². The van der Waals surface area contributed by atoms with E-state index in [9.17, 15) is 14.0 Å². The van der Waals surface area contributed by atoms with E-state index in [0.29, 0.717) is 4.32 Å². The maximum absolute atomic E-state index is 13.2. The molecule has 2 amide bonds. The molecule has 4 nitrogen and oxygen atoms in total. The quantitative estimate of drug-likeness (QED) is 0.574. The predicted molar refractivity (Wildman–Crippen MR) is 119 cm³/mol. The van der Waals surface area contributed by atoms with Crippen molar-refractivity contribution in [3.05, 3.63) is 77.6 Å². The molecular formula is C22H21FN2O2S2. The van der Waals surface area contributed by atoms with Gasteiger partial charge < -0.3 is 5.32 Å². The van der Waals surface area contributed by atoms with Crippen molar-refractivity contribution in [1.82, 2.24) is 10.2 Å². The van der Waals surface area contributed by atoms with Gasteiger partial charge in [-0.05, 0) is 43.2 Å². The highest BCUT2D eigenvalue weighted by Crippen LogP contribution is 2.37. The van der Waals surface area contributed by atoms with Crippen molar-refractivity contribution < 1.29 is 14.0 Å². The van der Waals surface area contributed by atoms with Gasteiger partial charge in [0.25, 0.3) is 5.91 Å². The molecule has 0 aromatic heterocycles. The van der Waals surface area contributed by atoms with Gasteiger partial charge >= 0.3 is 0 Å². The van der Waals surface area contributed by atoms with Crippen molar-refractivity contribution in [2.75, 3.05) is 0 Å².